The molecule has 22 heavy (non-hydrogen) atoms. The Morgan fingerprint density at radius 2 is 1.82 bits per heavy atom. The Morgan fingerprint density at radius 3 is 2.36 bits per heavy atom. The summed E-state index contributed by atoms with van der Waals surface area (Å²) in [5, 5.41) is 2.60. The van der Waals surface area contributed by atoms with E-state index in [2.05, 4.69) is 10.3 Å². The lowest BCUT2D eigenvalue weighted by Crippen LogP contribution is -2.29. The first kappa shape index (κ1) is 15.5. The Balaban J connectivity index is 2.25. The number of esters is 1. The van der Waals surface area contributed by atoms with Gasteiger partial charge >= 0.3 is 5.97 Å². The first-order chi connectivity index (χ1) is 10.7. The van der Waals surface area contributed by atoms with E-state index in [-0.39, 0.29) is 0 Å². The van der Waals surface area contributed by atoms with Crippen molar-refractivity contribution in [2.75, 3.05) is 19.5 Å². The van der Waals surface area contributed by atoms with Gasteiger partial charge in [-0.15, -0.1) is 0 Å². The maximum Gasteiger partial charge on any atom is 0.322 e. The lowest BCUT2D eigenvalue weighted by Gasteiger charge is -2.15. The zero-order valence-electron chi connectivity index (χ0n) is 12.3. The molecule has 2 aromatic rings. The zero-order valence-corrected chi connectivity index (χ0v) is 12.3. The second-order valence-corrected chi connectivity index (χ2v) is 4.43. The topological polar surface area (TPSA) is 77.5 Å². The lowest BCUT2D eigenvalue weighted by atomic mass is 9.98. The molecule has 0 radical (unpaired) electrons. The highest BCUT2D eigenvalue weighted by atomic mass is 16.5. The number of rotatable bonds is 5. The van der Waals surface area contributed by atoms with Crippen LogP contribution in [0.25, 0.3) is 0 Å². The molecule has 0 saturated heterocycles. The van der Waals surface area contributed by atoms with Crippen LogP contribution in [0.3, 0.4) is 0 Å². The summed E-state index contributed by atoms with van der Waals surface area (Å²) < 4.78 is 9.80. The van der Waals surface area contributed by atoms with E-state index in [1.165, 1.54) is 7.11 Å². The Hall–Kier alpha value is -2.89. The van der Waals surface area contributed by atoms with Crippen molar-refractivity contribution in [2.24, 2.45) is 0 Å². The number of carbonyl (C=O) groups excluding carboxylic acids is 2. The van der Waals surface area contributed by atoms with Crippen LogP contribution in [0.1, 0.15) is 11.5 Å². The fraction of sp³-hybridized carbons (Fsp3) is 0.188. The number of pyridine rings is 1. The van der Waals surface area contributed by atoms with Crippen molar-refractivity contribution in [1.29, 1.82) is 0 Å². The molecule has 0 saturated carbocycles. The number of ether oxygens (including phenoxy) is 2. The van der Waals surface area contributed by atoms with Crippen molar-refractivity contribution in [3.8, 4) is 5.75 Å². The van der Waals surface area contributed by atoms with Gasteiger partial charge in [0.15, 0.2) is 5.92 Å². The number of amides is 1. The molecule has 1 heterocycles. The molecule has 1 N–H and O–H groups in total. The number of anilines is 1. The highest BCUT2D eigenvalue weighted by Crippen LogP contribution is 2.22. The zero-order chi connectivity index (χ0) is 15.9. The molecule has 0 aliphatic carbocycles. The standard InChI is InChI=1S/C16H16N2O4/c1-21-12-8-6-11(7-9-12)14(16(20)22-2)15(19)18-13-5-3-4-10-17-13/h3-10,14H,1-2H3,(H,17,18,19). The van der Waals surface area contributed by atoms with Crippen LogP contribution < -0.4 is 10.1 Å². The fourth-order valence-electron chi connectivity index (χ4n) is 1.94. The van der Waals surface area contributed by atoms with Crippen LogP contribution in [-0.4, -0.2) is 31.1 Å². The number of benzene rings is 1. The summed E-state index contributed by atoms with van der Waals surface area (Å²) in [5.41, 5.74) is 0.515. The molecule has 1 unspecified atom stereocenters. The third-order valence-corrected chi connectivity index (χ3v) is 3.06. The van der Waals surface area contributed by atoms with Gasteiger partial charge in [0.25, 0.3) is 0 Å². The van der Waals surface area contributed by atoms with Gasteiger partial charge in [0.05, 0.1) is 14.2 Å². The molecule has 0 spiro atoms. The summed E-state index contributed by atoms with van der Waals surface area (Å²) in [5.74, 6) is -1.21. The van der Waals surface area contributed by atoms with Crippen LogP contribution >= 0.6 is 0 Å². The second-order valence-electron chi connectivity index (χ2n) is 4.43. The van der Waals surface area contributed by atoms with Crippen LogP contribution in [0.15, 0.2) is 48.7 Å². The van der Waals surface area contributed by atoms with Crippen molar-refractivity contribution >= 4 is 17.7 Å². The Kier molecular flexibility index (Phi) is 5.08. The highest BCUT2D eigenvalue weighted by molar-refractivity contribution is 6.09. The summed E-state index contributed by atoms with van der Waals surface area (Å²) in [6, 6.07) is 11.8. The van der Waals surface area contributed by atoms with E-state index < -0.39 is 17.8 Å². The second kappa shape index (κ2) is 7.21. The minimum Gasteiger partial charge on any atom is -0.497 e. The predicted octanol–water partition coefficient (Wildman–Crippen LogP) is 1.99. The van der Waals surface area contributed by atoms with Crippen molar-refractivity contribution < 1.29 is 19.1 Å². The van der Waals surface area contributed by atoms with Gasteiger partial charge < -0.3 is 14.8 Å². The first-order valence-corrected chi connectivity index (χ1v) is 6.59. The molecule has 1 aromatic heterocycles. The summed E-state index contributed by atoms with van der Waals surface area (Å²) in [4.78, 5) is 28.4. The van der Waals surface area contributed by atoms with Crippen LogP contribution in [0.2, 0.25) is 0 Å². The minimum atomic E-state index is -1.07. The van der Waals surface area contributed by atoms with Gasteiger partial charge in [-0.3, -0.25) is 9.59 Å². The number of nitrogens with one attached hydrogen (secondary N) is 1. The van der Waals surface area contributed by atoms with E-state index in [9.17, 15) is 9.59 Å². The molecule has 0 aliphatic rings. The van der Waals surface area contributed by atoms with Gasteiger partial charge in [0.1, 0.15) is 11.6 Å². The number of hydrogen-bond donors (Lipinski definition) is 1. The molecule has 6 heteroatoms. The summed E-state index contributed by atoms with van der Waals surface area (Å²) in [6.07, 6.45) is 1.55. The minimum absolute atomic E-state index is 0.370. The lowest BCUT2D eigenvalue weighted by molar-refractivity contribution is -0.145. The van der Waals surface area contributed by atoms with E-state index in [0.29, 0.717) is 17.1 Å². The molecular weight excluding hydrogens is 284 g/mol. The van der Waals surface area contributed by atoms with E-state index >= 15 is 0 Å². The number of carbonyl (C=O) groups is 2. The molecule has 114 valence electrons. The Labute approximate surface area is 128 Å². The van der Waals surface area contributed by atoms with E-state index in [1.807, 2.05) is 0 Å². The van der Waals surface area contributed by atoms with Crippen LogP contribution in [0, 0.1) is 0 Å². The SMILES string of the molecule is COC(=O)C(C(=O)Nc1ccccn1)c1ccc(OC)cc1. The van der Waals surface area contributed by atoms with Crippen molar-refractivity contribution in [3.63, 3.8) is 0 Å². The van der Waals surface area contributed by atoms with Gasteiger partial charge in [-0.2, -0.15) is 0 Å². The summed E-state index contributed by atoms with van der Waals surface area (Å²) in [7, 11) is 2.79. The van der Waals surface area contributed by atoms with Gasteiger partial charge in [-0.25, -0.2) is 4.98 Å². The fourth-order valence-corrected chi connectivity index (χ4v) is 1.94. The van der Waals surface area contributed by atoms with Crippen LogP contribution in [0.5, 0.6) is 5.75 Å². The maximum absolute atomic E-state index is 12.4. The van der Waals surface area contributed by atoms with Gasteiger partial charge in [0, 0.05) is 6.20 Å². The molecule has 0 fully saturated rings. The molecule has 6 nitrogen and oxygen atoms in total. The molecular formula is C16H16N2O4. The first-order valence-electron chi connectivity index (χ1n) is 6.59. The molecule has 1 amide bonds. The predicted molar refractivity (Wildman–Crippen MR) is 80.6 cm³/mol. The monoisotopic (exact) mass is 300 g/mol. The number of hydrogen-bond acceptors (Lipinski definition) is 5. The summed E-state index contributed by atoms with van der Waals surface area (Å²) >= 11 is 0. The third kappa shape index (κ3) is 3.60. The highest BCUT2D eigenvalue weighted by Gasteiger charge is 2.29. The maximum atomic E-state index is 12.4. The molecule has 0 aliphatic heterocycles. The third-order valence-electron chi connectivity index (χ3n) is 3.06. The largest absolute Gasteiger partial charge is 0.497 e. The Bertz CT molecular complexity index is 641. The van der Waals surface area contributed by atoms with Gasteiger partial charge in [-0.05, 0) is 29.8 Å². The quantitative estimate of drug-likeness (QED) is 0.675. The van der Waals surface area contributed by atoms with E-state index in [0.717, 1.165) is 0 Å². The van der Waals surface area contributed by atoms with Gasteiger partial charge in [-0.1, -0.05) is 18.2 Å². The van der Waals surface area contributed by atoms with Crippen LogP contribution in [0.4, 0.5) is 5.82 Å². The average molecular weight is 300 g/mol. The number of methoxy groups -OCH3 is 2. The van der Waals surface area contributed by atoms with Crippen molar-refractivity contribution in [1.82, 2.24) is 4.98 Å². The van der Waals surface area contributed by atoms with Crippen molar-refractivity contribution in [3.05, 3.63) is 54.2 Å². The molecule has 1 atom stereocenters. The van der Waals surface area contributed by atoms with Crippen LogP contribution in [-0.2, 0) is 14.3 Å². The summed E-state index contributed by atoms with van der Waals surface area (Å²) in [6.45, 7) is 0. The average Bonchev–Trinajstić information content (AvgIpc) is 2.56. The number of aromatic nitrogens is 1. The molecule has 2 rings (SSSR count). The molecule has 1 aromatic carbocycles. The smallest absolute Gasteiger partial charge is 0.322 e. The Morgan fingerprint density at radius 1 is 1.09 bits per heavy atom. The van der Waals surface area contributed by atoms with Gasteiger partial charge in [0.2, 0.25) is 5.91 Å². The van der Waals surface area contributed by atoms with E-state index in [1.54, 1.807) is 55.8 Å². The van der Waals surface area contributed by atoms with Crippen molar-refractivity contribution in [2.45, 2.75) is 5.92 Å². The van der Waals surface area contributed by atoms with E-state index in [4.69, 9.17) is 9.47 Å². The molecule has 0 bridgehead atoms. The number of nitrogens with zero attached hydrogens (tertiary/aromatic N) is 1. The normalized spacial score (nSPS) is 11.4.